The summed E-state index contributed by atoms with van der Waals surface area (Å²) in [7, 11) is 1.69. The fraction of sp³-hybridized carbons (Fsp3) is 0.615. The van der Waals surface area contributed by atoms with E-state index in [0.717, 1.165) is 0 Å². The van der Waals surface area contributed by atoms with Gasteiger partial charge in [0.25, 0.3) is 0 Å². The monoisotopic (exact) mass is 392 g/mol. The third kappa shape index (κ3) is 14.2. The number of carboxylic acid groups (broad SMARTS) is 1. The summed E-state index contributed by atoms with van der Waals surface area (Å²) in [5, 5.41) is 22.9. The first kappa shape index (κ1) is 23.1. The number of aliphatic carboxylic acids is 1. The molecule has 0 rings (SSSR count). The molecular formula is C13H24N6O4S2. The molecule has 12 heteroatoms. The zero-order chi connectivity index (χ0) is 19.1. The van der Waals surface area contributed by atoms with E-state index in [1.807, 2.05) is 0 Å². The van der Waals surface area contributed by atoms with E-state index in [1.165, 1.54) is 0 Å². The number of nitrogens with one attached hydrogen (secondary N) is 4. The first-order valence-electron chi connectivity index (χ1n) is 7.34. The van der Waals surface area contributed by atoms with Crippen LogP contribution >= 0.6 is 24.4 Å². The first-order chi connectivity index (χ1) is 11.9. The van der Waals surface area contributed by atoms with Crippen LogP contribution in [0, 0.1) is 0 Å². The quantitative estimate of drug-likeness (QED) is 0.135. The Morgan fingerprint density at radius 3 is 2.12 bits per heavy atom. The fourth-order valence-electron chi connectivity index (χ4n) is 1.14. The molecule has 0 aliphatic rings. The van der Waals surface area contributed by atoms with Gasteiger partial charge in [-0.2, -0.15) is 10.2 Å². The minimum Gasteiger partial charge on any atom is -0.480 e. The van der Waals surface area contributed by atoms with Gasteiger partial charge in [0.05, 0.1) is 31.2 Å². The average molecular weight is 393 g/mol. The van der Waals surface area contributed by atoms with Gasteiger partial charge in [-0.05, 0) is 38.3 Å². The number of carboxylic acids is 1. The van der Waals surface area contributed by atoms with E-state index >= 15 is 0 Å². The maximum atomic E-state index is 10.2. The largest absolute Gasteiger partial charge is 0.480 e. The second-order valence-corrected chi connectivity index (χ2v) is 5.33. The number of hydrogen-bond acceptors (Lipinski definition) is 7. The van der Waals surface area contributed by atoms with E-state index in [1.54, 1.807) is 20.9 Å². The molecule has 0 saturated heterocycles. The molecule has 0 radical (unpaired) electrons. The second-order valence-electron chi connectivity index (χ2n) is 4.51. The van der Waals surface area contributed by atoms with Gasteiger partial charge < -0.3 is 25.2 Å². The number of rotatable bonds is 11. The molecule has 0 fully saturated rings. The van der Waals surface area contributed by atoms with Crippen molar-refractivity contribution in [3.8, 4) is 0 Å². The summed E-state index contributed by atoms with van der Waals surface area (Å²) in [5.74, 6) is -1.00. The van der Waals surface area contributed by atoms with Crippen LogP contribution in [-0.2, 0) is 14.3 Å². The van der Waals surface area contributed by atoms with Crippen LogP contribution in [0.15, 0.2) is 10.2 Å². The zero-order valence-electron chi connectivity index (χ0n) is 14.4. The molecule has 0 atom stereocenters. The van der Waals surface area contributed by atoms with E-state index < -0.39 is 5.97 Å². The van der Waals surface area contributed by atoms with Crippen LogP contribution in [0.3, 0.4) is 0 Å². The van der Waals surface area contributed by atoms with Crippen LogP contribution < -0.4 is 21.5 Å². The van der Waals surface area contributed by atoms with E-state index in [0.29, 0.717) is 41.4 Å². The van der Waals surface area contributed by atoms with Gasteiger partial charge in [-0.1, -0.05) is 0 Å². The van der Waals surface area contributed by atoms with Crippen molar-refractivity contribution in [2.45, 2.75) is 13.8 Å². The van der Waals surface area contributed by atoms with Crippen molar-refractivity contribution in [2.75, 3.05) is 40.0 Å². The van der Waals surface area contributed by atoms with Gasteiger partial charge in [-0.15, -0.1) is 0 Å². The van der Waals surface area contributed by atoms with Crippen LogP contribution in [0.25, 0.3) is 0 Å². The van der Waals surface area contributed by atoms with Gasteiger partial charge in [0.15, 0.2) is 10.2 Å². The van der Waals surface area contributed by atoms with Gasteiger partial charge in [0, 0.05) is 13.6 Å². The standard InChI is InChI=1S/C13H24N6O4S2/c1-9(16-18-12(24)14-3)10(2)17-19-13(25)15-4-5-22-6-7-23-8-11(20)21/h4-8H2,1-3H3,(H,20,21)(H2,14,18,24)(H2,15,19,25)/b16-9+,17-10-. The second kappa shape index (κ2) is 14.5. The lowest BCUT2D eigenvalue weighted by molar-refractivity contribution is -0.142. The van der Waals surface area contributed by atoms with E-state index in [-0.39, 0.29) is 13.2 Å². The van der Waals surface area contributed by atoms with Crippen LogP contribution in [-0.4, -0.2) is 72.7 Å². The summed E-state index contributed by atoms with van der Waals surface area (Å²) < 4.78 is 10.1. The maximum Gasteiger partial charge on any atom is 0.329 e. The van der Waals surface area contributed by atoms with Gasteiger partial charge in [0.1, 0.15) is 6.61 Å². The van der Waals surface area contributed by atoms with Gasteiger partial charge >= 0.3 is 5.97 Å². The molecule has 0 unspecified atom stereocenters. The molecule has 25 heavy (non-hydrogen) atoms. The number of nitrogens with zero attached hydrogens (tertiary/aromatic N) is 2. The lowest BCUT2D eigenvalue weighted by atomic mass is 10.3. The Morgan fingerprint density at radius 2 is 1.56 bits per heavy atom. The Kier molecular flexibility index (Phi) is 13.4. The van der Waals surface area contributed by atoms with E-state index in [2.05, 4.69) is 31.7 Å². The predicted molar refractivity (Wildman–Crippen MR) is 104 cm³/mol. The van der Waals surface area contributed by atoms with Crippen LogP contribution in [0.1, 0.15) is 13.8 Å². The van der Waals surface area contributed by atoms with Crippen LogP contribution in [0.2, 0.25) is 0 Å². The molecule has 0 amide bonds. The highest BCUT2D eigenvalue weighted by molar-refractivity contribution is 7.80. The number of carbonyl (C=O) groups is 1. The van der Waals surface area contributed by atoms with Gasteiger partial charge in [-0.3, -0.25) is 10.9 Å². The zero-order valence-corrected chi connectivity index (χ0v) is 16.1. The Morgan fingerprint density at radius 1 is 1.00 bits per heavy atom. The van der Waals surface area contributed by atoms with Crippen molar-refractivity contribution >= 4 is 52.1 Å². The van der Waals surface area contributed by atoms with Crippen molar-refractivity contribution in [3.05, 3.63) is 0 Å². The smallest absolute Gasteiger partial charge is 0.329 e. The maximum absolute atomic E-state index is 10.2. The molecule has 0 aromatic heterocycles. The molecule has 0 saturated carbocycles. The fourth-order valence-corrected chi connectivity index (χ4v) is 1.34. The SMILES string of the molecule is CNC(=S)N/N=C(C)/C(C)=N\NC(=S)NCCOCCOCC(=O)O. The molecule has 0 aromatic rings. The molecule has 0 spiro atoms. The summed E-state index contributed by atoms with van der Waals surface area (Å²) in [5.41, 5.74) is 6.65. The first-order valence-corrected chi connectivity index (χ1v) is 8.16. The number of ether oxygens (including phenoxy) is 2. The van der Waals surface area contributed by atoms with Gasteiger partial charge in [0.2, 0.25) is 0 Å². The molecule has 5 N–H and O–H groups in total. The van der Waals surface area contributed by atoms with E-state index in [4.69, 9.17) is 39.0 Å². The molecule has 0 aliphatic carbocycles. The molecule has 0 aliphatic heterocycles. The van der Waals surface area contributed by atoms with Gasteiger partial charge in [-0.25, -0.2) is 4.79 Å². The highest BCUT2D eigenvalue weighted by Crippen LogP contribution is 1.83. The number of hydrazone groups is 2. The molecular weight excluding hydrogens is 368 g/mol. The topological polar surface area (TPSA) is 129 Å². The normalized spacial score (nSPS) is 11.6. The van der Waals surface area contributed by atoms with Crippen molar-refractivity contribution in [1.29, 1.82) is 0 Å². The minimum absolute atomic E-state index is 0.224. The predicted octanol–water partition coefficient (Wildman–Crippen LogP) is -0.586. The highest BCUT2D eigenvalue weighted by Gasteiger charge is 2.00. The molecule has 0 heterocycles. The number of hydrogen-bond donors (Lipinski definition) is 5. The highest BCUT2D eigenvalue weighted by atomic mass is 32.1. The molecule has 142 valence electrons. The number of thiocarbonyl (C=S) groups is 2. The third-order valence-corrected chi connectivity index (χ3v) is 3.06. The average Bonchev–Trinajstić information content (AvgIpc) is 2.58. The van der Waals surface area contributed by atoms with Crippen LogP contribution in [0.5, 0.6) is 0 Å². The molecule has 10 nitrogen and oxygen atoms in total. The Balaban J connectivity index is 3.84. The molecule has 0 bridgehead atoms. The minimum atomic E-state index is -1.00. The summed E-state index contributed by atoms with van der Waals surface area (Å²) >= 11 is 9.98. The summed E-state index contributed by atoms with van der Waals surface area (Å²) in [4.78, 5) is 10.2. The van der Waals surface area contributed by atoms with Crippen LogP contribution in [0.4, 0.5) is 0 Å². The van der Waals surface area contributed by atoms with Crippen molar-refractivity contribution in [1.82, 2.24) is 21.5 Å². The Bertz CT molecular complexity index is 513. The lowest BCUT2D eigenvalue weighted by Crippen LogP contribution is -2.35. The summed E-state index contributed by atoms with van der Waals surface area (Å²) in [6, 6.07) is 0. The summed E-state index contributed by atoms with van der Waals surface area (Å²) in [6.45, 7) is 4.64. The summed E-state index contributed by atoms with van der Waals surface area (Å²) in [6.07, 6.45) is 0. The van der Waals surface area contributed by atoms with E-state index in [9.17, 15) is 4.79 Å². The Labute approximate surface area is 157 Å². The van der Waals surface area contributed by atoms with Crippen molar-refractivity contribution in [3.63, 3.8) is 0 Å². The molecule has 0 aromatic carbocycles. The Hall–Kier alpha value is -1.89. The third-order valence-electron chi connectivity index (χ3n) is 2.53. The van der Waals surface area contributed by atoms with Crippen molar-refractivity contribution < 1.29 is 19.4 Å². The van der Waals surface area contributed by atoms with Crippen molar-refractivity contribution in [2.24, 2.45) is 10.2 Å². The lowest BCUT2D eigenvalue weighted by Gasteiger charge is -2.09.